The molecule has 1 aromatic carbocycles. The Morgan fingerprint density at radius 2 is 2.31 bits per heavy atom. The lowest BCUT2D eigenvalue weighted by Crippen LogP contribution is -2.09. The summed E-state index contributed by atoms with van der Waals surface area (Å²) < 4.78 is 23.8. The van der Waals surface area contributed by atoms with Gasteiger partial charge in [-0.15, -0.1) is 0 Å². The molecule has 4 nitrogen and oxygen atoms in total. The van der Waals surface area contributed by atoms with Crippen molar-refractivity contribution >= 4 is 15.7 Å². The fourth-order valence-corrected chi connectivity index (χ4v) is 1.36. The van der Waals surface area contributed by atoms with Gasteiger partial charge in [0.25, 0.3) is 0 Å². The molecule has 1 rings (SSSR count). The van der Waals surface area contributed by atoms with Gasteiger partial charge in [-0.25, -0.2) is 8.42 Å². The van der Waals surface area contributed by atoms with Crippen LogP contribution in [-0.4, -0.2) is 14.7 Å². The molecule has 0 bridgehead atoms. The highest BCUT2D eigenvalue weighted by Crippen LogP contribution is 2.10. The quantitative estimate of drug-likeness (QED) is 0.756. The van der Waals surface area contributed by atoms with E-state index in [-0.39, 0.29) is 0 Å². The lowest BCUT2D eigenvalue weighted by molar-refractivity contribution is 0.607. The normalized spacial score (nSPS) is 10.5. The Bertz CT molecular complexity index is 445. The molecular formula is C8H7N2O2S. The van der Waals surface area contributed by atoms with Gasteiger partial charge in [0, 0.05) is 11.8 Å². The molecule has 0 aliphatic heterocycles. The van der Waals surface area contributed by atoms with Gasteiger partial charge in [0.1, 0.15) is 0 Å². The first-order valence-corrected chi connectivity index (χ1v) is 5.30. The van der Waals surface area contributed by atoms with E-state index < -0.39 is 10.0 Å². The summed E-state index contributed by atoms with van der Waals surface area (Å²) >= 11 is 0. The molecule has 0 spiro atoms. The van der Waals surface area contributed by atoms with Crippen LogP contribution in [0.25, 0.3) is 0 Å². The van der Waals surface area contributed by atoms with Crippen molar-refractivity contribution in [2.75, 3.05) is 11.0 Å². The van der Waals surface area contributed by atoms with Crippen molar-refractivity contribution in [3.05, 3.63) is 29.8 Å². The first-order chi connectivity index (χ1) is 6.01. The maximum absolute atomic E-state index is 10.8. The van der Waals surface area contributed by atoms with Crippen LogP contribution in [0, 0.1) is 17.4 Å². The van der Waals surface area contributed by atoms with Crippen molar-refractivity contribution in [1.82, 2.24) is 0 Å². The smallest absolute Gasteiger partial charge is 0.229 e. The number of benzene rings is 1. The number of hydrogen-bond acceptors (Lipinski definition) is 3. The highest BCUT2D eigenvalue weighted by Gasteiger charge is 2.01. The molecule has 13 heavy (non-hydrogen) atoms. The zero-order valence-electron chi connectivity index (χ0n) is 6.90. The molecule has 5 heteroatoms. The van der Waals surface area contributed by atoms with Crippen LogP contribution in [0.2, 0.25) is 0 Å². The molecule has 0 atom stereocenters. The van der Waals surface area contributed by atoms with Crippen molar-refractivity contribution in [2.24, 2.45) is 0 Å². The van der Waals surface area contributed by atoms with E-state index in [2.05, 4.69) is 10.8 Å². The van der Waals surface area contributed by atoms with Gasteiger partial charge in [0.15, 0.2) is 0 Å². The predicted molar refractivity (Wildman–Crippen MR) is 48.5 cm³/mol. The molecule has 0 heterocycles. The Hall–Kier alpha value is -1.54. The molecule has 0 unspecified atom stereocenters. The third-order valence-electron chi connectivity index (χ3n) is 1.23. The minimum absolute atomic E-state index is 0.300. The third-order valence-corrected chi connectivity index (χ3v) is 1.83. The van der Waals surface area contributed by atoms with E-state index in [1.54, 1.807) is 0 Å². The minimum Gasteiger partial charge on any atom is -0.284 e. The molecule has 0 fully saturated rings. The number of anilines is 1. The number of rotatable bonds is 2. The molecule has 0 aliphatic rings. The summed E-state index contributed by atoms with van der Waals surface area (Å²) in [5, 5.41) is 8.50. The van der Waals surface area contributed by atoms with Crippen molar-refractivity contribution in [1.29, 1.82) is 5.26 Å². The Labute approximate surface area is 76.9 Å². The first kappa shape index (κ1) is 9.55. The number of hydrogen-bond donors (Lipinski definition) is 1. The Kier molecular flexibility index (Phi) is 2.54. The van der Waals surface area contributed by atoms with Gasteiger partial charge in [-0.3, -0.25) is 4.72 Å². The van der Waals surface area contributed by atoms with E-state index >= 15 is 0 Å². The minimum atomic E-state index is -3.28. The molecule has 67 valence electrons. The topological polar surface area (TPSA) is 70.0 Å². The summed E-state index contributed by atoms with van der Waals surface area (Å²) in [6, 6.07) is 8.95. The van der Waals surface area contributed by atoms with Crippen LogP contribution in [0.1, 0.15) is 5.56 Å². The standard InChI is InChI=1S/C8H7N2O2S/c1-13(11,12)10-8-4-2-3-7(5-8)6-9/h2,4-5,10H,1H3. The number of nitrogens with zero attached hydrogens (tertiary/aromatic N) is 1. The molecular weight excluding hydrogens is 188 g/mol. The molecule has 0 aromatic heterocycles. The Morgan fingerprint density at radius 3 is 2.85 bits per heavy atom. The molecule has 1 N–H and O–H groups in total. The van der Waals surface area contributed by atoms with E-state index in [9.17, 15) is 8.42 Å². The van der Waals surface area contributed by atoms with E-state index in [1.165, 1.54) is 18.2 Å². The van der Waals surface area contributed by atoms with Gasteiger partial charge >= 0.3 is 0 Å². The summed E-state index contributed by atoms with van der Waals surface area (Å²) in [6.45, 7) is 0. The second-order valence-corrected chi connectivity index (χ2v) is 4.23. The molecule has 0 amide bonds. The van der Waals surface area contributed by atoms with Crippen LogP contribution in [0.5, 0.6) is 0 Å². The summed E-state index contributed by atoms with van der Waals surface area (Å²) in [6.07, 6.45) is 1.05. The van der Waals surface area contributed by atoms with Crippen molar-refractivity contribution < 1.29 is 8.42 Å². The van der Waals surface area contributed by atoms with Gasteiger partial charge < -0.3 is 0 Å². The summed E-state index contributed by atoms with van der Waals surface area (Å²) in [4.78, 5) is 0. The van der Waals surface area contributed by atoms with Crippen LogP contribution in [0.4, 0.5) is 5.69 Å². The van der Waals surface area contributed by atoms with Gasteiger partial charge in [-0.1, -0.05) is 6.07 Å². The molecule has 0 saturated heterocycles. The number of nitrogens with one attached hydrogen (secondary N) is 1. The number of nitriles is 1. The first-order valence-electron chi connectivity index (χ1n) is 3.41. The van der Waals surface area contributed by atoms with E-state index in [0.29, 0.717) is 11.3 Å². The van der Waals surface area contributed by atoms with Gasteiger partial charge in [0.05, 0.1) is 17.9 Å². The third kappa shape index (κ3) is 3.13. The lowest BCUT2D eigenvalue weighted by Gasteiger charge is -2.02. The van der Waals surface area contributed by atoms with Gasteiger partial charge in [0.2, 0.25) is 10.0 Å². The van der Waals surface area contributed by atoms with Crippen molar-refractivity contribution in [3.63, 3.8) is 0 Å². The molecule has 0 saturated carbocycles. The monoisotopic (exact) mass is 195 g/mol. The zero-order chi connectivity index (χ0) is 9.90. The average Bonchev–Trinajstić information content (AvgIpc) is 2.01. The average molecular weight is 195 g/mol. The zero-order valence-corrected chi connectivity index (χ0v) is 7.72. The number of sulfonamides is 1. The van der Waals surface area contributed by atoms with Crippen LogP contribution < -0.4 is 4.72 Å². The van der Waals surface area contributed by atoms with Crippen molar-refractivity contribution in [3.8, 4) is 6.07 Å². The van der Waals surface area contributed by atoms with E-state index in [4.69, 9.17) is 5.26 Å². The lowest BCUT2D eigenvalue weighted by atomic mass is 10.2. The summed E-state index contributed by atoms with van der Waals surface area (Å²) in [7, 11) is -3.28. The van der Waals surface area contributed by atoms with Gasteiger partial charge in [-0.05, 0) is 12.1 Å². The van der Waals surface area contributed by atoms with Crippen LogP contribution in [0.15, 0.2) is 18.2 Å². The largest absolute Gasteiger partial charge is 0.284 e. The Morgan fingerprint density at radius 1 is 1.62 bits per heavy atom. The van der Waals surface area contributed by atoms with E-state index in [0.717, 1.165) is 6.26 Å². The molecule has 1 radical (unpaired) electrons. The predicted octanol–water partition coefficient (Wildman–Crippen LogP) is 0.730. The maximum atomic E-state index is 10.8. The molecule has 1 aromatic rings. The van der Waals surface area contributed by atoms with Crippen LogP contribution >= 0.6 is 0 Å². The fourth-order valence-electron chi connectivity index (χ4n) is 0.809. The fraction of sp³-hybridized carbons (Fsp3) is 0.125. The summed E-state index contributed by atoms with van der Waals surface area (Å²) in [5.41, 5.74) is 0.673. The summed E-state index contributed by atoms with van der Waals surface area (Å²) in [5.74, 6) is 0. The van der Waals surface area contributed by atoms with Crippen molar-refractivity contribution in [2.45, 2.75) is 0 Å². The van der Waals surface area contributed by atoms with Gasteiger partial charge in [-0.2, -0.15) is 5.26 Å². The van der Waals surface area contributed by atoms with E-state index in [1.807, 2.05) is 6.07 Å². The maximum Gasteiger partial charge on any atom is 0.229 e. The Balaban J connectivity index is 2.99. The molecule has 0 aliphatic carbocycles. The van der Waals surface area contributed by atoms with Crippen LogP contribution in [0.3, 0.4) is 0 Å². The van der Waals surface area contributed by atoms with Crippen LogP contribution in [-0.2, 0) is 10.0 Å². The second kappa shape index (κ2) is 3.46. The highest BCUT2D eigenvalue weighted by molar-refractivity contribution is 7.92. The second-order valence-electron chi connectivity index (χ2n) is 2.48. The highest BCUT2D eigenvalue weighted by atomic mass is 32.2. The SMILES string of the molecule is CS(=O)(=O)Nc1cc[c]c(C#N)c1.